The normalized spacial score (nSPS) is 29.0. The molecule has 2 N–H and O–H groups in total. The summed E-state index contributed by atoms with van der Waals surface area (Å²) >= 11 is 5.86. The Labute approximate surface area is 137 Å². The molecule has 4 rings (SSSR count). The molecular weight excluding hydrogens is 318 g/mol. The van der Waals surface area contributed by atoms with Crippen LogP contribution in [-0.4, -0.2) is 26.2 Å². The number of hydrogen-bond donors (Lipinski definition) is 1. The summed E-state index contributed by atoms with van der Waals surface area (Å²) in [6.45, 7) is 4.61. The van der Waals surface area contributed by atoms with Gasteiger partial charge in [0, 0.05) is 21.1 Å². The van der Waals surface area contributed by atoms with Gasteiger partial charge in [0.25, 0.3) is 0 Å². The van der Waals surface area contributed by atoms with Crippen LogP contribution < -0.4 is 5.73 Å². The van der Waals surface area contributed by atoms with E-state index in [1.807, 2.05) is 34.9 Å². The van der Waals surface area contributed by atoms with Gasteiger partial charge in [-0.05, 0) is 24.8 Å². The number of fused-ring (bicyclic) bond motifs is 3. The van der Waals surface area contributed by atoms with E-state index < -0.39 is 0 Å². The summed E-state index contributed by atoms with van der Waals surface area (Å²) in [4.78, 5) is 12.1. The van der Waals surface area contributed by atoms with Crippen molar-refractivity contribution in [3.8, 4) is 0 Å². The van der Waals surface area contributed by atoms with Crippen LogP contribution in [0.5, 0.6) is 0 Å². The van der Waals surface area contributed by atoms with Crippen molar-refractivity contribution in [1.82, 2.24) is 9.97 Å². The number of anilines is 1. The maximum atomic E-state index is 6.28. The van der Waals surface area contributed by atoms with Crippen LogP contribution in [0, 0.1) is 0 Å². The molecule has 0 radical (unpaired) electrons. The monoisotopic (exact) mass is 337 g/mol. The van der Waals surface area contributed by atoms with E-state index in [2.05, 4.69) is 18.8 Å². The summed E-state index contributed by atoms with van der Waals surface area (Å²) in [6, 6.07) is 0. The highest BCUT2D eigenvalue weighted by molar-refractivity contribution is 8.07. The van der Waals surface area contributed by atoms with Crippen LogP contribution >= 0.6 is 34.9 Å². The zero-order chi connectivity index (χ0) is 14.6. The van der Waals surface area contributed by atoms with Gasteiger partial charge in [-0.2, -0.15) is 11.8 Å². The van der Waals surface area contributed by atoms with E-state index in [0.29, 0.717) is 21.6 Å². The number of thioether (sulfide) groups is 2. The van der Waals surface area contributed by atoms with Crippen LogP contribution in [0.15, 0.2) is 0 Å². The molecule has 6 heteroatoms. The Hall–Kier alpha value is -0.460. The highest BCUT2D eigenvalue weighted by Gasteiger charge is 2.30. The zero-order valence-electron chi connectivity index (χ0n) is 12.3. The van der Waals surface area contributed by atoms with Gasteiger partial charge in [0.1, 0.15) is 16.5 Å². The molecule has 0 amide bonds. The third-order valence-electron chi connectivity index (χ3n) is 4.45. The fraction of sp³-hybridized carbons (Fsp3) is 0.600. The van der Waals surface area contributed by atoms with Crippen molar-refractivity contribution in [2.24, 2.45) is 0 Å². The molecule has 3 nitrogen and oxygen atoms in total. The minimum atomic E-state index is 0.379. The van der Waals surface area contributed by atoms with Crippen LogP contribution in [0.4, 0.5) is 5.82 Å². The lowest BCUT2D eigenvalue weighted by Crippen LogP contribution is -2.23. The van der Waals surface area contributed by atoms with E-state index in [9.17, 15) is 0 Å². The second-order valence-corrected chi connectivity index (χ2v) is 9.95. The van der Waals surface area contributed by atoms with Crippen molar-refractivity contribution in [1.29, 1.82) is 0 Å². The molecule has 3 unspecified atom stereocenters. The molecule has 2 aliphatic rings. The van der Waals surface area contributed by atoms with Gasteiger partial charge in [0.2, 0.25) is 0 Å². The average Bonchev–Trinajstić information content (AvgIpc) is 3.01. The lowest BCUT2D eigenvalue weighted by molar-refractivity contribution is 0.867. The number of nitrogens with zero attached hydrogens (tertiary/aromatic N) is 2. The van der Waals surface area contributed by atoms with E-state index in [1.165, 1.54) is 23.3 Å². The van der Waals surface area contributed by atoms with Crippen molar-refractivity contribution in [2.45, 2.75) is 48.9 Å². The summed E-state index contributed by atoms with van der Waals surface area (Å²) in [5.41, 5.74) is 7.71. The fourth-order valence-corrected chi connectivity index (χ4v) is 7.22. The fourth-order valence-electron chi connectivity index (χ4n) is 3.10. The average molecular weight is 338 g/mol. The molecule has 2 aromatic rings. The van der Waals surface area contributed by atoms with Gasteiger partial charge >= 0.3 is 0 Å². The highest BCUT2D eigenvalue weighted by Crippen LogP contribution is 2.45. The number of aryl methyl sites for hydroxylation is 2. The maximum Gasteiger partial charge on any atom is 0.146 e. The standard InChI is InChI=1S/C15H19N3S3/c1-7-8(2)20-11(6-19-7)14-17-13(16)12-9-4-3-5-10(9)21-15(12)18-14/h7-8,11H,3-6H2,1-2H3,(H2,16,17,18). The van der Waals surface area contributed by atoms with E-state index in [4.69, 9.17) is 10.7 Å². The number of nitrogens with two attached hydrogens (primary N) is 1. The van der Waals surface area contributed by atoms with Crippen LogP contribution in [0.3, 0.4) is 0 Å². The topological polar surface area (TPSA) is 51.8 Å². The van der Waals surface area contributed by atoms with Crippen LogP contribution in [-0.2, 0) is 12.8 Å². The van der Waals surface area contributed by atoms with Crippen molar-refractivity contribution in [2.75, 3.05) is 11.5 Å². The van der Waals surface area contributed by atoms with E-state index >= 15 is 0 Å². The van der Waals surface area contributed by atoms with Gasteiger partial charge in [-0.15, -0.1) is 23.1 Å². The Kier molecular flexibility index (Phi) is 3.58. The van der Waals surface area contributed by atoms with Crippen molar-refractivity contribution >= 4 is 50.9 Å². The largest absolute Gasteiger partial charge is 0.383 e. The van der Waals surface area contributed by atoms with Gasteiger partial charge in [-0.25, -0.2) is 9.97 Å². The smallest absolute Gasteiger partial charge is 0.146 e. The van der Waals surface area contributed by atoms with Crippen molar-refractivity contribution in [3.63, 3.8) is 0 Å². The molecule has 0 aromatic carbocycles. The Balaban J connectivity index is 1.74. The number of thiophene rings is 1. The Morgan fingerprint density at radius 2 is 2.00 bits per heavy atom. The Morgan fingerprint density at radius 3 is 2.81 bits per heavy atom. The van der Waals surface area contributed by atoms with Gasteiger partial charge in [-0.3, -0.25) is 0 Å². The third-order valence-corrected chi connectivity index (χ3v) is 9.02. The van der Waals surface area contributed by atoms with Gasteiger partial charge in [-0.1, -0.05) is 13.8 Å². The molecule has 1 saturated heterocycles. The predicted octanol–water partition coefficient (Wildman–Crippen LogP) is 4.06. The molecule has 1 fully saturated rings. The second kappa shape index (κ2) is 5.32. The zero-order valence-corrected chi connectivity index (χ0v) is 14.7. The molecule has 0 spiro atoms. The van der Waals surface area contributed by atoms with E-state index in [1.54, 1.807) is 0 Å². The number of rotatable bonds is 1. The lowest BCUT2D eigenvalue weighted by atomic mass is 10.2. The number of nitrogen functional groups attached to an aromatic ring is 1. The van der Waals surface area contributed by atoms with Crippen LogP contribution in [0.2, 0.25) is 0 Å². The third kappa shape index (κ3) is 2.35. The predicted molar refractivity (Wildman–Crippen MR) is 95.6 cm³/mol. The van der Waals surface area contributed by atoms with Gasteiger partial charge in [0.05, 0.1) is 10.6 Å². The molecule has 2 aromatic heterocycles. The second-order valence-electron chi connectivity index (χ2n) is 5.87. The molecule has 21 heavy (non-hydrogen) atoms. The number of aromatic nitrogens is 2. The summed E-state index contributed by atoms with van der Waals surface area (Å²) < 4.78 is 0. The minimum Gasteiger partial charge on any atom is -0.383 e. The van der Waals surface area contributed by atoms with E-state index in [-0.39, 0.29) is 0 Å². The molecule has 0 saturated carbocycles. The summed E-state index contributed by atoms with van der Waals surface area (Å²) in [7, 11) is 0. The molecule has 0 bridgehead atoms. The number of hydrogen-bond acceptors (Lipinski definition) is 6. The summed E-state index contributed by atoms with van der Waals surface area (Å²) in [6.07, 6.45) is 3.58. The van der Waals surface area contributed by atoms with Crippen molar-refractivity contribution in [3.05, 3.63) is 16.3 Å². The SMILES string of the molecule is CC1SCC(c2nc(N)c3c4c(sc3n2)CCC4)SC1C. The molecule has 1 aliphatic carbocycles. The van der Waals surface area contributed by atoms with Crippen molar-refractivity contribution < 1.29 is 0 Å². The Bertz CT molecular complexity index is 697. The molecule has 1 aliphatic heterocycles. The van der Waals surface area contributed by atoms with Gasteiger partial charge in [0.15, 0.2) is 0 Å². The molecule has 3 atom stereocenters. The van der Waals surface area contributed by atoms with E-state index in [0.717, 1.165) is 28.2 Å². The lowest BCUT2D eigenvalue weighted by Gasteiger charge is -2.30. The highest BCUT2D eigenvalue weighted by atomic mass is 32.2. The van der Waals surface area contributed by atoms with Crippen LogP contribution in [0.1, 0.15) is 41.8 Å². The summed E-state index contributed by atoms with van der Waals surface area (Å²) in [5.74, 6) is 2.73. The van der Waals surface area contributed by atoms with Crippen LogP contribution in [0.25, 0.3) is 10.2 Å². The first-order chi connectivity index (χ1) is 10.1. The first-order valence-electron chi connectivity index (χ1n) is 7.48. The maximum absolute atomic E-state index is 6.28. The molecule has 112 valence electrons. The quantitative estimate of drug-likeness (QED) is 0.850. The Morgan fingerprint density at radius 1 is 1.14 bits per heavy atom. The first kappa shape index (κ1) is 14.2. The molecule has 3 heterocycles. The summed E-state index contributed by atoms with van der Waals surface area (Å²) in [5, 5.41) is 2.87. The van der Waals surface area contributed by atoms with Gasteiger partial charge < -0.3 is 5.73 Å². The first-order valence-corrected chi connectivity index (χ1v) is 10.3. The molecular formula is C15H19N3S3. The minimum absolute atomic E-state index is 0.379.